The molecule has 5 heterocycles. The molecule has 1 aromatic heterocycles. The first-order chi connectivity index (χ1) is 20.3. The molecule has 42 heavy (non-hydrogen) atoms. The molecule has 3 aromatic rings. The lowest BCUT2D eigenvalue weighted by Crippen LogP contribution is -2.68. The molecule has 5 aliphatic rings. The van der Waals surface area contributed by atoms with Crippen molar-refractivity contribution < 1.29 is 9.84 Å². The highest BCUT2D eigenvalue weighted by Crippen LogP contribution is 2.48. The maximum atomic E-state index is 12.4. The van der Waals surface area contributed by atoms with Crippen LogP contribution in [-0.2, 0) is 17.6 Å². The van der Waals surface area contributed by atoms with Gasteiger partial charge in [-0.25, -0.2) is 4.90 Å². The summed E-state index contributed by atoms with van der Waals surface area (Å²) in [5, 5.41) is 17.9. The van der Waals surface area contributed by atoms with Crippen molar-refractivity contribution in [3.63, 3.8) is 0 Å². The second-order valence-corrected chi connectivity index (χ2v) is 14.3. The average Bonchev–Trinajstić information content (AvgIpc) is 3.71. The fourth-order valence-corrected chi connectivity index (χ4v) is 9.39. The van der Waals surface area contributed by atoms with Gasteiger partial charge in [0, 0.05) is 61.3 Å². The number of likely N-dealkylation sites (tertiary alicyclic amines) is 1. The maximum Gasteiger partial charge on any atom is 0.246 e. The van der Waals surface area contributed by atoms with E-state index in [0.29, 0.717) is 24.4 Å². The average molecular weight is 570 g/mol. The van der Waals surface area contributed by atoms with Crippen LogP contribution in [0, 0.1) is 11.8 Å². The van der Waals surface area contributed by atoms with E-state index in [0.717, 1.165) is 51.9 Å². The Hall–Kier alpha value is -2.26. The minimum Gasteiger partial charge on any atom is -0.361 e. The van der Waals surface area contributed by atoms with Gasteiger partial charge in [0.1, 0.15) is 5.72 Å². The van der Waals surface area contributed by atoms with E-state index in [1.165, 1.54) is 34.0 Å². The van der Waals surface area contributed by atoms with Gasteiger partial charge in [0.2, 0.25) is 5.91 Å². The van der Waals surface area contributed by atoms with Gasteiger partial charge >= 0.3 is 0 Å². The van der Waals surface area contributed by atoms with E-state index in [9.17, 15) is 5.11 Å². The Kier molecular flexibility index (Phi) is 6.60. The predicted octanol–water partition coefficient (Wildman–Crippen LogP) is 4.14. The van der Waals surface area contributed by atoms with E-state index >= 15 is 0 Å². The highest BCUT2D eigenvalue weighted by atomic mass is 16.7. The molecule has 8 rings (SSSR count). The van der Waals surface area contributed by atoms with E-state index in [-0.39, 0.29) is 18.0 Å². The summed E-state index contributed by atoms with van der Waals surface area (Å²) in [5.41, 5.74) is 5.00. The Labute approximate surface area is 250 Å². The first-order valence-corrected chi connectivity index (χ1v) is 16.4. The molecule has 0 saturated carbocycles. The Morgan fingerprint density at radius 1 is 1.12 bits per heavy atom. The molecule has 4 fully saturated rings. The van der Waals surface area contributed by atoms with Crippen LogP contribution in [0.1, 0.15) is 55.7 Å². The lowest BCUT2D eigenvalue weighted by Gasteiger charge is -2.50. The number of nitrogens with zero attached hydrogens (tertiary/aromatic N) is 3. The van der Waals surface area contributed by atoms with Gasteiger partial charge in [0.05, 0.1) is 6.04 Å². The van der Waals surface area contributed by atoms with Crippen molar-refractivity contribution >= 4 is 10.9 Å². The topological polar surface area (TPSA) is 67.0 Å². The molecule has 4 saturated heterocycles. The zero-order chi connectivity index (χ0) is 28.6. The highest BCUT2D eigenvalue weighted by molar-refractivity contribution is 5.88. The minimum absolute atomic E-state index is 0.0341. The first-order valence-electron chi connectivity index (χ1n) is 16.4. The number of aromatic amines is 1. The minimum atomic E-state index is -1.26. The second-order valence-electron chi connectivity index (χ2n) is 14.3. The van der Waals surface area contributed by atoms with E-state index in [4.69, 9.17) is 4.74 Å². The van der Waals surface area contributed by atoms with Crippen molar-refractivity contribution in [3.8, 4) is 0 Å². The van der Waals surface area contributed by atoms with Gasteiger partial charge in [-0.3, -0.25) is 10.2 Å². The summed E-state index contributed by atoms with van der Waals surface area (Å²) in [5.74, 6) is 0.0181. The van der Waals surface area contributed by atoms with E-state index in [1.807, 2.05) is 0 Å². The number of nitrogens with one attached hydrogen (secondary N) is 2. The molecule has 1 aliphatic carbocycles. The largest absolute Gasteiger partial charge is 0.361 e. The third-order valence-electron chi connectivity index (χ3n) is 11.6. The molecule has 3 N–H and O–H groups in total. The lowest BCUT2D eigenvalue weighted by molar-refractivity contribution is -0.330. The molecule has 7 heteroatoms. The summed E-state index contributed by atoms with van der Waals surface area (Å²) in [6.07, 6.45) is 7.57. The third kappa shape index (κ3) is 4.23. The molecule has 0 amide bonds. The van der Waals surface area contributed by atoms with Crippen LogP contribution in [-0.4, -0.2) is 94.3 Å². The van der Waals surface area contributed by atoms with Gasteiger partial charge in [-0.15, -0.1) is 0 Å². The van der Waals surface area contributed by atoms with E-state index in [2.05, 4.69) is 101 Å². The number of hydrogen-bond acceptors (Lipinski definition) is 6. The van der Waals surface area contributed by atoms with Crippen molar-refractivity contribution in [2.24, 2.45) is 11.8 Å². The van der Waals surface area contributed by atoms with Crippen LogP contribution in [0.3, 0.4) is 0 Å². The fourth-order valence-electron chi connectivity index (χ4n) is 9.39. The van der Waals surface area contributed by atoms with Crippen molar-refractivity contribution in [1.29, 1.82) is 0 Å². The van der Waals surface area contributed by atoms with Crippen molar-refractivity contribution in [3.05, 3.63) is 71.4 Å². The Balaban J connectivity index is 1.04. The molecular weight excluding hydrogens is 522 g/mol. The van der Waals surface area contributed by atoms with Gasteiger partial charge in [-0.05, 0) is 80.3 Å². The molecule has 0 unspecified atom stereocenters. The number of ether oxygens (including phenoxy) is 1. The number of aromatic nitrogens is 1. The maximum absolute atomic E-state index is 12.4. The van der Waals surface area contributed by atoms with Crippen molar-refractivity contribution in [1.82, 2.24) is 25.0 Å². The standard InChI is InChI=1S/C35H47N5O2/c1-23(2)34(22-40-27(15-24-9-5-4-6-10-24)21-39-14-8-13-32(39)35(40,41)42-34)37-18-25-16-29-28-11-7-12-30-33(28)26(19-36-30)17-31(29)38(3)20-25/h4-7,9-12,19,23,25,27,29,31-32,36-37,41H,8,13-18,20-22H2,1-3H3/t25-,27-,29+,31+,32-,34-,35-/m0/s1. The van der Waals surface area contributed by atoms with Crippen LogP contribution in [0.2, 0.25) is 0 Å². The molecule has 4 aliphatic heterocycles. The zero-order valence-corrected chi connectivity index (χ0v) is 25.4. The third-order valence-corrected chi connectivity index (χ3v) is 11.6. The molecule has 7 nitrogen and oxygen atoms in total. The van der Waals surface area contributed by atoms with E-state index < -0.39 is 11.6 Å². The summed E-state index contributed by atoms with van der Waals surface area (Å²) >= 11 is 0. The number of benzene rings is 2. The van der Waals surface area contributed by atoms with Crippen LogP contribution in [0.25, 0.3) is 10.9 Å². The quantitative estimate of drug-likeness (QED) is 0.415. The van der Waals surface area contributed by atoms with Crippen LogP contribution in [0.4, 0.5) is 0 Å². The molecule has 224 valence electrons. The molecular formula is C35H47N5O2. The van der Waals surface area contributed by atoms with Crippen LogP contribution in [0.5, 0.6) is 0 Å². The molecule has 0 radical (unpaired) electrons. The van der Waals surface area contributed by atoms with E-state index in [1.54, 1.807) is 0 Å². The zero-order valence-electron chi connectivity index (χ0n) is 25.4. The van der Waals surface area contributed by atoms with Crippen LogP contribution >= 0.6 is 0 Å². The number of likely N-dealkylation sites (N-methyl/N-ethyl adjacent to an activating group) is 1. The summed E-state index contributed by atoms with van der Waals surface area (Å²) < 4.78 is 7.00. The summed E-state index contributed by atoms with van der Waals surface area (Å²) in [4.78, 5) is 11.0. The first kappa shape index (κ1) is 27.3. The van der Waals surface area contributed by atoms with Crippen LogP contribution < -0.4 is 5.32 Å². The smallest absolute Gasteiger partial charge is 0.246 e. The lowest BCUT2D eigenvalue weighted by atomic mass is 9.72. The second kappa shape index (κ2) is 10.1. The number of piperazine rings is 1. The van der Waals surface area contributed by atoms with Crippen molar-refractivity contribution in [2.75, 3.05) is 39.8 Å². The number of piperidine rings is 1. The predicted molar refractivity (Wildman–Crippen MR) is 166 cm³/mol. The van der Waals surface area contributed by atoms with Crippen LogP contribution in [0.15, 0.2) is 54.7 Å². The Morgan fingerprint density at radius 2 is 1.98 bits per heavy atom. The molecule has 0 spiro atoms. The molecule has 0 bridgehead atoms. The number of fused-ring (bicyclic) bond motifs is 5. The van der Waals surface area contributed by atoms with Gasteiger partial charge in [0.25, 0.3) is 0 Å². The van der Waals surface area contributed by atoms with Gasteiger partial charge < -0.3 is 19.7 Å². The molecule has 7 atom stereocenters. The SMILES string of the molecule is CC(C)[C@]1(NC[C@@H]2C[C@@H]3c4cccc5[nH]cc(c45)C[C@H]3N(C)C2)CN2[C@@H](Cc3ccccc3)CN3CCC[C@H]3[C@]2(O)O1. The van der Waals surface area contributed by atoms with Crippen molar-refractivity contribution in [2.45, 2.75) is 81.6 Å². The molecule has 2 aromatic carbocycles. The number of hydrogen-bond donors (Lipinski definition) is 3. The normalized spacial score (nSPS) is 36.8. The monoisotopic (exact) mass is 569 g/mol. The Morgan fingerprint density at radius 3 is 2.81 bits per heavy atom. The highest BCUT2D eigenvalue weighted by Gasteiger charge is 2.64. The fraction of sp³-hybridized carbons (Fsp3) is 0.600. The van der Waals surface area contributed by atoms with Gasteiger partial charge in [-0.2, -0.15) is 0 Å². The summed E-state index contributed by atoms with van der Waals surface area (Å²) in [6.45, 7) is 9.23. The number of rotatable bonds is 6. The summed E-state index contributed by atoms with van der Waals surface area (Å²) in [6, 6.07) is 18.4. The number of aliphatic hydroxyl groups is 1. The van der Waals surface area contributed by atoms with Gasteiger partial charge in [-0.1, -0.05) is 56.3 Å². The number of H-pyrrole nitrogens is 1. The van der Waals surface area contributed by atoms with Gasteiger partial charge in [0.15, 0.2) is 0 Å². The summed E-state index contributed by atoms with van der Waals surface area (Å²) in [7, 11) is 2.32. The Bertz CT molecular complexity index is 1440.